The van der Waals surface area contributed by atoms with Crippen LogP contribution in [0.15, 0.2) is 24.5 Å². The standard InChI is InChI=1S/C11H9Cl2N3O/c1-6-10(14)15-5-16-11(6)17-7-2-3-8(12)9(13)4-7/h2-5H,1H3,(H2,14,15,16). The molecular formula is C11H9Cl2N3O. The number of nitrogens with two attached hydrogens (primary N) is 1. The van der Waals surface area contributed by atoms with Gasteiger partial charge in [0.25, 0.3) is 0 Å². The Hall–Kier alpha value is -1.52. The number of rotatable bonds is 2. The van der Waals surface area contributed by atoms with Crippen LogP contribution in [0, 0.1) is 6.92 Å². The van der Waals surface area contributed by atoms with E-state index in [2.05, 4.69) is 9.97 Å². The van der Waals surface area contributed by atoms with Crippen molar-refractivity contribution in [3.63, 3.8) is 0 Å². The average Bonchev–Trinajstić information content (AvgIpc) is 2.30. The van der Waals surface area contributed by atoms with Gasteiger partial charge in [-0.25, -0.2) is 9.97 Å². The molecule has 0 spiro atoms. The Morgan fingerprint density at radius 3 is 2.65 bits per heavy atom. The molecule has 0 saturated heterocycles. The molecular weight excluding hydrogens is 261 g/mol. The van der Waals surface area contributed by atoms with Crippen molar-refractivity contribution in [2.75, 3.05) is 5.73 Å². The first-order valence-electron chi connectivity index (χ1n) is 4.78. The zero-order chi connectivity index (χ0) is 12.4. The molecule has 6 heteroatoms. The van der Waals surface area contributed by atoms with Gasteiger partial charge in [-0.3, -0.25) is 0 Å². The minimum absolute atomic E-state index is 0.384. The van der Waals surface area contributed by atoms with Crippen molar-refractivity contribution in [2.24, 2.45) is 0 Å². The van der Waals surface area contributed by atoms with E-state index in [0.29, 0.717) is 33.1 Å². The van der Waals surface area contributed by atoms with Gasteiger partial charge in [-0.2, -0.15) is 0 Å². The van der Waals surface area contributed by atoms with Gasteiger partial charge in [0.1, 0.15) is 17.9 Å². The van der Waals surface area contributed by atoms with Crippen molar-refractivity contribution in [3.8, 4) is 11.6 Å². The Labute approximate surface area is 108 Å². The highest BCUT2D eigenvalue weighted by molar-refractivity contribution is 6.42. The Balaban J connectivity index is 2.31. The summed E-state index contributed by atoms with van der Waals surface area (Å²) in [6, 6.07) is 4.96. The van der Waals surface area contributed by atoms with Crippen molar-refractivity contribution in [1.29, 1.82) is 0 Å². The largest absolute Gasteiger partial charge is 0.439 e. The van der Waals surface area contributed by atoms with Crippen molar-refractivity contribution >= 4 is 29.0 Å². The van der Waals surface area contributed by atoms with Gasteiger partial charge in [0.15, 0.2) is 0 Å². The van der Waals surface area contributed by atoms with Crippen molar-refractivity contribution in [1.82, 2.24) is 9.97 Å². The lowest BCUT2D eigenvalue weighted by Crippen LogP contribution is -1.98. The van der Waals surface area contributed by atoms with Gasteiger partial charge in [0.2, 0.25) is 5.88 Å². The summed E-state index contributed by atoms with van der Waals surface area (Å²) >= 11 is 11.7. The molecule has 0 amide bonds. The van der Waals surface area contributed by atoms with E-state index in [4.69, 9.17) is 33.7 Å². The lowest BCUT2D eigenvalue weighted by molar-refractivity contribution is 0.458. The predicted molar refractivity (Wildman–Crippen MR) is 67.7 cm³/mol. The van der Waals surface area contributed by atoms with Gasteiger partial charge in [-0.15, -0.1) is 0 Å². The average molecular weight is 270 g/mol. The maximum atomic E-state index is 5.88. The van der Waals surface area contributed by atoms with E-state index < -0.39 is 0 Å². The second-order valence-corrected chi connectivity index (χ2v) is 4.18. The Bertz CT molecular complexity index is 560. The topological polar surface area (TPSA) is 61.0 Å². The fourth-order valence-electron chi connectivity index (χ4n) is 1.20. The number of nitrogen functional groups attached to an aromatic ring is 1. The summed E-state index contributed by atoms with van der Waals surface area (Å²) < 4.78 is 5.55. The van der Waals surface area contributed by atoms with E-state index in [1.54, 1.807) is 25.1 Å². The minimum atomic E-state index is 0.384. The predicted octanol–water partition coefficient (Wildman–Crippen LogP) is 3.47. The minimum Gasteiger partial charge on any atom is -0.439 e. The first-order valence-corrected chi connectivity index (χ1v) is 5.53. The Kier molecular flexibility index (Phi) is 3.36. The summed E-state index contributed by atoms with van der Waals surface area (Å²) in [7, 11) is 0. The molecule has 0 radical (unpaired) electrons. The van der Waals surface area contributed by atoms with Crippen molar-refractivity contribution in [3.05, 3.63) is 40.1 Å². The lowest BCUT2D eigenvalue weighted by Gasteiger charge is -2.08. The van der Waals surface area contributed by atoms with Crippen LogP contribution in [0.3, 0.4) is 0 Å². The van der Waals surface area contributed by atoms with E-state index in [1.165, 1.54) is 6.33 Å². The highest BCUT2D eigenvalue weighted by Crippen LogP contribution is 2.30. The number of hydrogen-bond donors (Lipinski definition) is 1. The zero-order valence-electron chi connectivity index (χ0n) is 8.95. The zero-order valence-corrected chi connectivity index (χ0v) is 10.5. The van der Waals surface area contributed by atoms with Crippen LogP contribution < -0.4 is 10.5 Å². The molecule has 2 rings (SSSR count). The molecule has 4 nitrogen and oxygen atoms in total. The summed E-state index contributed by atoms with van der Waals surface area (Å²) in [5.41, 5.74) is 6.33. The van der Waals surface area contributed by atoms with E-state index in [-0.39, 0.29) is 0 Å². The fraction of sp³-hybridized carbons (Fsp3) is 0.0909. The van der Waals surface area contributed by atoms with Gasteiger partial charge >= 0.3 is 0 Å². The van der Waals surface area contributed by atoms with Gasteiger partial charge in [0.05, 0.1) is 15.6 Å². The van der Waals surface area contributed by atoms with Gasteiger partial charge in [0, 0.05) is 6.07 Å². The van der Waals surface area contributed by atoms with Crippen molar-refractivity contribution in [2.45, 2.75) is 6.92 Å². The molecule has 0 aliphatic rings. The second-order valence-electron chi connectivity index (χ2n) is 3.37. The monoisotopic (exact) mass is 269 g/mol. The SMILES string of the molecule is Cc1c(N)ncnc1Oc1ccc(Cl)c(Cl)c1. The molecule has 2 N–H and O–H groups in total. The molecule has 0 fully saturated rings. The Morgan fingerprint density at radius 2 is 1.94 bits per heavy atom. The van der Waals surface area contributed by atoms with Crippen LogP contribution in [-0.4, -0.2) is 9.97 Å². The normalized spacial score (nSPS) is 10.3. The van der Waals surface area contributed by atoms with Crippen LogP contribution in [0.25, 0.3) is 0 Å². The van der Waals surface area contributed by atoms with Crippen LogP contribution in [0.2, 0.25) is 10.0 Å². The second kappa shape index (κ2) is 4.77. The number of benzene rings is 1. The smallest absolute Gasteiger partial charge is 0.227 e. The molecule has 1 heterocycles. The van der Waals surface area contributed by atoms with E-state index in [9.17, 15) is 0 Å². The molecule has 1 aromatic carbocycles. The van der Waals surface area contributed by atoms with E-state index >= 15 is 0 Å². The van der Waals surface area contributed by atoms with E-state index in [0.717, 1.165) is 0 Å². The lowest BCUT2D eigenvalue weighted by atomic mass is 10.3. The van der Waals surface area contributed by atoms with Gasteiger partial charge in [-0.1, -0.05) is 23.2 Å². The summed E-state index contributed by atoms with van der Waals surface area (Å²) in [5.74, 6) is 1.33. The van der Waals surface area contributed by atoms with Crippen molar-refractivity contribution < 1.29 is 4.74 Å². The quantitative estimate of drug-likeness (QED) is 0.907. The van der Waals surface area contributed by atoms with E-state index in [1.807, 2.05) is 0 Å². The highest BCUT2D eigenvalue weighted by atomic mass is 35.5. The molecule has 2 aromatic rings. The summed E-state index contributed by atoms with van der Waals surface area (Å²) in [5, 5.41) is 0.891. The first-order chi connectivity index (χ1) is 8.08. The summed E-state index contributed by atoms with van der Waals surface area (Å²) in [6.07, 6.45) is 1.34. The number of aromatic nitrogens is 2. The third-order valence-corrected chi connectivity index (χ3v) is 2.92. The molecule has 0 aliphatic heterocycles. The molecule has 0 atom stereocenters. The number of halogens is 2. The first kappa shape index (κ1) is 12.0. The third kappa shape index (κ3) is 2.60. The van der Waals surface area contributed by atoms with Gasteiger partial charge < -0.3 is 10.5 Å². The molecule has 0 aliphatic carbocycles. The molecule has 0 unspecified atom stereocenters. The maximum Gasteiger partial charge on any atom is 0.227 e. The summed E-state index contributed by atoms with van der Waals surface area (Å²) in [4.78, 5) is 7.85. The number of hydrogen-bond acceptors (Lipinski definition) is 4. The number of ether oxygens (including phenoxy) is 1. The number of anilines is 1. The Morgan fingerprint density at radius 1 is 1.18 bits per heavy atom. The van der Waals surface area contributed by atoms with Crippen LogP contribution >= 0.6 is 23.2 Å². The molecule has 88 valence electrons. The number of nitrogens with zero attached hydrogens (tertiary/aromatic N) is 2. The molecule has 0 bridgehead atoms. The summed E-state index contributed by atoms with van der Waals surface area (Å²) in [6.45, 7) is 1.78. The highest BCUT2D eigenvalue weighted by Gasteiger charge is 2.07. The third-order valence-electron chi connectivity index (χ3n) is 2.18. The molecule has 17 heavy (non-hydrogen) atoms. The van der Waals surface area contributed by atoms with Crippen LogP contribution in [0.1, 0.15) is 5.56 Å². The van der Waals surface area contributed by atoms with Gasteiger partial charge in [-0.05, 0) is 19.1 Å². The fourth-order valence-corrected chi connectivity index (χ4v) is 1.49. The van der Waals surface area contributed by atoms with Crippen LogP contribution in [0.4, 0.5) is 5.82 Å². The molecule has 1 aromatic heterocycles. The maximum absolute atomic E-state index is 5.88. The molecule has 0 saturated carbocycles. The van der Waals surface area contributed by atoms with Crippen LogP contribution in [-0.2, 0) is 0 Å². The van der Waals surface area contributed by atoms with Crippen LogP contribution in [0.5, 0.6) is 11.6 Å².